The smallest absolute Gasteiger partial charge is 0.458 e. The molecule has 7 rings (SSSR count). The van der Waals surface area contributed by atoms with E-state index >= 15 is 0 Å². The Balaban J connectivity index is 1.07. The Hall–Kier alpha value is -2.43. The van der Waals surface area contributed by atoms with E-state index in [2.05, 4.69) is 4.74 Å². The average Bonchev–Trinajstić information content (AvgIpc) is 3.44. The van der Waals surface area contributed by atoms with Crippen molar-refractivity contribution in [2.24, 2.45) is 23.7 Å². The second-order valence-corrected chi connectivity index (χ2v) is 13.8. The largest absolute Gasteiger partial charge is 0.465 e. The summed E-state index contributed by atoms with van der Waals surface area (Å²) in [7, 11) is -6.11. The molecule has 0 aromatic rings. The lowest BCUT2D eigenvalue weighted by molar-refractivity contribution is -0.275. The van der Waals surface area contributed by atoms with Crippen LogP contribution in [-0.4, -0.2) is 89.4 Å². The first kappa shape index (κ1) is 27.7. The summed E-state index contributed by atoms with van der Waals surface area (Å²) >= 11 is 0. The number of ether oxygens (including phenoxy) is 5. The fraction of sp³-hybridized carbons (Fsp3) is 0.833. The van der Waals surface area contributed by atoms with E-state index in [9.17, 15) is 41.5 Å². The monoisotopic (exact) mass is 594 g/mol. The fourth-order valence-corrected chi connectivity index (χ4v) is 8.80. The van der Waals surface area contributed by atoms with Gasteiger partial charge in [0.1, 0.15) is 24.4 Å². The molecule has 222 valence electrons. The second kappa shape index (κ2) is 8.79. The fourth-order valence-electron chi connectivity index (χ4n) is 8.54. The van der Waals surface area contributed by atoms with E-state index in [1.165, 1.54) is 0 Å². The molecule has 2 N–H and O–H groups in total. The summed E-state index contributed by atoms with van der Waals surface area (Å²) < 4.78 is 83.3. The molecule has 0 spiro atoms. The van der Waals surface area contributed by atoms with Gasteiger partial charge in [0.15, 0.2) is 6.61 Å². The number of hydrogen-bond donors (Lipinski definition) is 2. The molecule has 1 aliphatic heterocycles. The minimum absolute atomic E-state index is 0.00623. The highest BCUT2D eigenvalue weighted by atomic mass is 32.2. The number of carbonyl (C=O) groups excluding carboxylic acids is 4. The zero-order valence-electron chi connectivity index (χ0n) is 21.1. The maximum absolute atomic E-state index is 13.4. The van der Waals surface area contributed by atoms with E-state index in [0.29, 0.717) is 25.7 Å². The van der Waals surface area contributed by atoms with Gasteiger partial charge in [-0.1, -0.05) is 0 Å². The Morgan fingerprint density at radius 2 is 1.73 bits per heavy atom. The van der Waals surface area contributed by atoms with Crippen LogP contribution in [0.15, 0.2) is 0 Å². The number of carbonyl (C=O) groups is 4. The lowest BCUT2D eigenvalue weighted by atomic mass is 9.50. The van der Waals surface area contributed by atoms with Gasteiger partial charge in [0.05, 0.1) is 17.1 Å². The van der Waals surface area contributed by atoms with Crippen LogP contribution < -0.4 is 0 Å². The summed E-state index contributed by atoms with van der Waals surface area (Å²) in [6, 6.07) is 0. The van der Waals surface area contributed by atoms with Crippen LogP contribution in [0, 0.1) is 23.7 Å². The third-order valence-corrected chi connectivity index (χ3v) is 10.1. The van der Waals surface area contributed by atoms with Gasteiger partial charge in [-0.15, -0.1) is 0 Å². The molecule has 0 radical (unpaired) electrons. The van der Waals surface area contributed by atoms with E-state index < -0.39 is 75.5 Å². The highest BCUT2D eigenvalue weighted by Gasteiger charge is 2.66. The average molecular weight is 595 g/mol. The maximum Gasteiger partial charge on any atom is 0.465 e. The highest BCUT2D eigenvalue weighted by Crippen LogP contribution is 2.62. The predicted octanol–water partition coefficient (Wildman–Crippen LogP) is 0.270. The van der Waals surface area contributed by atoms with Gasteiger partial charge < -0.3 is 28.8 Å². The third kappa shape index (κ3) is 4.47. The van der Waals surface area contributed by atoms with Crippen LogP contribution in [0.5, 0.6) is 0 Å². The first-order chi connectivity index (χ1) is 18.5. The lowest BCUT2D eigenvalue weighted by Crippen LogP contribution is -2.68. The zero-order chi connectivity index (χ0) is 28.9. The number of alkyl halides is 2. The van der Waals surface area contributed by atoms with Crippen LogP contribution in [0.1, 0.15) is 51.4 Å². The molecule has 9 atom stereocenters. The van der Waals surface area contributed by atoms with Gasteiger partial charge in [-0.3, -0.25) is 9.35 Å². The lowest BCUT2D eigenvalue weighted by Gasteiger charge is -2.63. The van der Waals surface area contributed by atoms with Gasteiger partial charge in [-0.05, 0) is 38.0 Å². The van der Waals surface area contributed by atoms with Crippen LogP contribution >= 0.6 is 0 Å². The molecule has 13 nitrogen and oxygen atoms in total. The second-order valence-electron chi connectivity index (χ2n) is 12.3. The predicted molar refractivity (Wildman–Crippen MR) is 121 cm³/mol. The number of fused-ring (bicyclic) bond motifs is 1. The molecule has 40 heavy (non-hydrogen) atoms. The third-order valence-electron chi connectivity index (χ3n) is 9.33. The van der Waals surface area contributed by atoms with Crippen molar-refractivity contribution in [3.05, 3.63) is 0 Å². The first-order valence-electron chi connectivity index (χ1n) is 13.0. The number of rotatable bonds is 9. The number of hydrogen-bond acceptors (Lipinski definition) is 12. The molecule has 16 heteroatoms. The summed E-state index contributed by atoms with van der Waals surface area (Å²) in [5.41, 5.74) is -3.65. The highest BCUT2D eigenvalue weighted by molar-refractivity contribution is 7.87. The van der Waals surface area contributed by atoms with Gasteiger partial charge in [-0.2, -0.15) is 17.2 Å². The molecule has 6 aliphatic carbocycles. The van der Waals surface area contributed by atoms with Crippen LogP contribution in [0.25, 0.3) is 0 Å². The standard InChI is InChI=1S/C24H28F2O13S/c25-24(26,40(32,33)34)20(30)35-6-16(28)39-23-5-11-3-21(31,9-23)8-22(4-11,10-23)36-7-15(27)37-17-12-1-13-14(2-12)19(29)38-18(13)17/h11-14,17-18,31H,1-10H2,(H,32,33,34). The number of esters is 4. The topological polar surface area (TPSA) is 189 Å². The van der Waals surface area contributed by atoms with E-state index in [4.69, 9.17) is 23.5 Å². The normalized spacial score (nSPS) is 42.5. The van der Waals surface area contributed by atoms with Gasteiger partial charge in [-0.25, -0.2) is 14.4 Å². The summed E-state index contributed by atoms with van der Waals surface area (Å²) in [6.45, 7) is -1.81. The molecule has 0 aromatic carbocycles. The summed E-state index contributed by atoms with van der Waals surface area (Å²) in [4.78, 5) is 48.6. The van der Waals surface area contributed by atoms with E-state index in [1.807, 2.05) is 0 Å². The van der Waals surface area contributed by atoms with Crippen molar-refractivity contribution in [3.8, 4) is 0 Å². The first-order valence-corrected chi connectivity index (χ1v) is 14.5. The molecular formula is C24H28F2O13S. The summed E-state index contributed by atoms with van der Waals surface area (Å²) in [5, 5.41) is 5.94. The number of aliphatic hydroxyl groups is 1. The van der Waals surface area contributed by atoms with Crippen molar-refractivity contribution in [1.29, 1.82) is 0 Å². The molecule has 9 unspecified atom stereocenters. The van der Waals surface area contributed by atoms with Crippen LogP contribution in [0.3, 0.4) is 0 Å². The molecule has 0 amide bonds. The Morgan fingerprint density at radius 3 is 2.42 bits per heavy atom. The minimum Gasteiger partial charge on any atom is -0.458 e. The molecule has 0 aromatic heterocycles. The van der Waals surface area contributed by atoms with Gasteiger partial charge >= 0.3 is 39.2 Å². The minimum atomic E-state index is -6.11. The van der Waals surface area contributed by atoms with E-state index in [1.54, 1.807) is 0 Å². The Labute approximate surface area is 226 Å². The van der Waals surface area contributed by atoms with Gasteiger partial charge in [0.25, 0.3) is 0 Å². The molecule has 7 aliphatic rings. The molecule has 1 heterocycles. The Morgan fingerprint density at radius 1 is 1.02 bits per heavy atom. The van der Waals surface area contributed by atoms with Gasteiger partial charge in [0, 0.05) is 31.1 Å². The van der Waals surface area contributed by atoms with E-state index in [-0.39, 0.29) is 48.9 Å². The Bertz CT molecular complexity index is 1270. The quantitative estimate of drug-likeness (QED) is 0.210. The van der Waals surface area contributed by atoms with Crippen molar-refractivity contribution in [3.63, 3.8) is 0 Å². The molecule has 7 fully saturated rings. The molecule has 6 saturated carbocycles. The SMILES string of the molecule is O=C(COC12CC3CC(O)(C1)CC(OC(=O)COC(=O)C(F)(F)S(=O)(=O)O)(C3)C2)OC1C2CC3C(=O)OC1C3C2. The van der Waals surface area contributed by atoms with Crippen LogP contribution in [0.2, 0.25) is 0 Å². The zero-order valence-corrected chi connectivity index (χ0v) is 21.9. The molecule has 6 bridgehead atoms. The van der Waals surface area contributed by atoms with Gasteiger partial charge in [0.2, 0.25) is 0 Å². The van der Waals surface area contributed by atoms with Crippen molar-refractivity contribution in [2.75, 3.05) is 13.2 Å². The molecular weight excluding hydrogens is 566 g/mol. The Kier molecular flexibility index (Phi) is 6.09. The van der Waals surface area contributed by atoms with Crippen molar-refractivity contribution >= 4 is 34.0 Å². The maximum atomic E-state index is 13.4. The van der Waals surface area contributed by atoms with Crippen molar-refractivity contribution in [1.82, 2.24) is 0 Å². The summed E-state index contributed by atoms with van der Waals surface area (Å²) in [6.07, 6.45) is 1.81. The van der Waals surface area contributed by atoms with Crippen molar-refractivity contribution in [2.45, 2.75) is 85.6 Å². The molecule has 1 saturated heterocycles. The summed E-state index contributed by atoms with van der Waals surface area (Å²) in [5.74, 6) is -5.00. The van der Waals surface area contributed by atoms with Crippen molar-refractivity contribution < 1.29 is 69.7 Å². The van der Waals surface area contributed by atoms with E-state index in [0.717, 1.165) is 6.42 Å². The van der Waals surface area contributed by atoms with Crippen LogP contribution in [-0.2, 0) is 53.0 Å². The van der Waals surface area contributed by atoms with Crippen LogP contribution in [0.4, 0.5) is 8.78 Å². The number of halogens is 2.